The van der Waals surface area contributed by atoms with Gasteiger partial charge in [0.05, 0.1) is 18.8 Å². The number of rotatable bonds is 8. The number of carbonyl (C=O) groups excluding carboxylic acids is 1. The lowest BCUT2D eigenvalue weighted by molar-refractivity contribution is -0.125. The number of nitrogens with zero attached hydrogens (tertiary/aromatic N) is 1. The van der Waals surface area contributed by atoms with Gasteiger partial charge in [-0.05, 0) is 24.0 Å². The van der Waals surface area contributed by atoms with Crippen molar-refractivity contribution in [1.82, 2.24) is 10.2 Å². The van der Waals surface area contributed by atoms with Crippen LogP contribution in [0.5, 0.6) is 0 Å². The molecule has 0 aromatic heterocycles. The van der Waals surface area contributed by atoms with Gasteiger partial charge < -0.3 is 15.2 Å². The molecule has 3 unspecified atom stereocenters. The first-order chi connectivity index (χ1) is 14.7. The molecule has 1 aliphatic heterocycles. The summed E-state index contributed by atoms with van der Waals surface area (Å²) in [5.41, 5.74) is 2.41. The quantitative estimate of drug-likeness (QED) is 0.705. The Kier molecular flexibility index (Phi) is 7.16. The number of nitrogens with one attached hydrogen (secondary N) is 1. The third-order valence-electron chi connectivity index (χ3n) is 6.39. The van der Waals surface area contributed by atoms with Crippen LogP contribution < -0.4 is 5.32 Å². The highest BCUT2D eigenvalue weighted by Crippen LogP contribution is 2.26. The van der Waals surface area contributed by atoms with Gasteiger partial charge in [0.1, 0.15) is 6.10 Å². The molecule has 0 bridgehead atoms. The molecule has 2 aromatic carbocycles. The molecule has 5 heteroatoms. The summed E-state index contributed by atoms with van der Waals surface area (Å²) in [6.07, 6.45) is 3.22. The molecule has 2 aliphatic rings. The maximum Gasteiger partial charge on any atom is 0.223 e. The molecule has 1 aliphatic carbocycles. The van der Waals surface area contributed by atoms with E-state index in [1.807, 2.05) is 36.4 Å². The average molecular weight is 409 g/mol. The van der Waals surface area contributed by atoms with Crippen LogP contribution >= 0.6 is 0 Å². The molecule has 1 heterocycles. The Morgan fingerprint density at radius 3 is 2.10 bits per heavy atom. The van der Waals surface area contributed by atoms with Crippen molar-refractivity contribution in [2.45, 2.75) is 57.0 Å². The predicted octanol–water partition coefficient (Wildman–Crippen LogP) is 3.12. The lowest BCUT2D eigenvalue weighted by atomic mass is 10.0. The van der Waals surface area contributed by atoms with E-state index >= 15 is 0 Å². The number of ether oxygens (including phenoxy) is 1. The molecule has 1 saturated carbocycles. The summed E-state index contributed by atoms with van der Waals surface area (Å²) in [7, 11) is 0. The van der Waals surface area contributed by atoms with E-state index in [9.17, 15) is 9.90 Å². The Morgan fingerprint density at radius 1 is 0.967 bits per heavy atom. The van der Waals surface area contributed by atoms with Crippen LogP contribution in [0.3, 0.4) is 0 Å². The van der Waals surface area contributed by atoms with Crippen molar-refractivity contribution < 1.29 is 14.6 Å². The molecule has 5 nitrogen and oxygen atoms in total. The molecule has 0 radical (unpaired) electrons. The summed E-state index contributed by atoms with van der Waals surface area (Å²) < 4.78 is 5.94. The smallest absolute Gasteiger partial charge is 0.223 e. The summed E-state index contributed by atoms with van der Waals surface area (Å²) in [6, 6.07) is 20.5. The first-order valence-corrected chi connectivity index (χ1v) is 11.1. The maximum atomic E-state index is 12.3. The van der Waals surface area contributed by atoms with Crippen LogP contribution in [0.15, 0.2) is 60.7 Å². The molecule has 0 spiro atoms. The minimum absolute atomic E-state index is 0.108. The number of hydrogen-bond donors (Lipinski definition) is 2. The third kappa shape index (κ3) is 5.28. The second-order valence-corrected chi connectivity index (χ2v) is 8.53. The molecular weight excluding hydrogens is 376 g/mol. The molecule has 3 atom stereocenters. The fourth-order valence-electron chi connectivity index (χ4n) is 4.63. The molecule has 2 aromatic rings. The second kappa shape index (κ2) is 10.2. The molecule has 2 N–H and O–H groups in total. The van der Waals surface area contributed by atoms with Gasteiger partial charge in [-0.3, -0.25) is 9.69 Å². The number of amides is 1. The molecular formula is C25H32N2O3. The van der Waals surface area contributed by atoms with Crippen molar-refractivity contribution in [2.24, 2.45) is 5.92 Å². The lowest BCUT2D eigenvalue weighted by Gasteiger charge is -2.31. The zero-order valence-corrected chi connectivity index (χ0v) is 17.5. The van der Waals surface area contributed by atoms with E-state index in [2.05, 4.69) is 34.5 Å². The number of hydrogen-bond acceptors (Lipinski definition) is 4. The standard InChI is InChI=1S/C25H32N2O3/c28-24-22(18-30-23(24)15-26-25(29)21-13-7-8-14-21)27(16-19-9-3-1-4-10-19)17-20-11-5-2-6-12-20/h1-6,9-12,21-24,28H,7-8,13-18H2,(H,26,29). The van der Waals surface area contributed by atoms with Crippen LogP contribution in [-0.4, -0.2) is 47.3 Å². The highest BCUT2D eigenvalue weighted by atomic mass is 16.5. The first-order valence-electron chi connectivity index (χ1n) is 11.1. The Labute approximate surface area is 179 Å². The Bertz CT molecular complexity index is 751. The second-order valence-electron chi connectivity index (χ2n) is 8.53. The van der Waals surface area contributed by atoms with Crippen LogP contribution in [0.25, 0.3) is 0 Å². The van der Waals surface area contributed by atoms with Gasteiger partial charge in [-0.1, -0.05) is 73.5 Å². The summed E-state index contributed by atoms with van der Waals surface area (Å²) in [5, 5.41) is 14.0. The van der Waals surface area contributed by atoms with E-state index in [-0.39, 0.29) is 24.0 Å². The van der Waals surface area contributed by atoms with Crippen molar-refractivity contribution >= 4 is 5.91 Å². The highest BCUT2D eigenvalue weighted by Gasteiger charge is 2.39. The van der Waals surface area contributed by atoms with Gasteiger partial charge in [0.25, 0.3) is 0 Å². The van der Waals surface area contributed by atoms with E-state index in [0.29, 0.717) is 13.2 Å². The SMILES string of the molecule is O=C(NCC1OCC(N(Cc2ccccc2)Cc2ccccc2)C1O)C1CCCC1. The van der Waals surface area contributed by atoms with Gasteiger partial charge in [-0.2, -0.15) is 0 Å². The predicted molar refractivity (Wildman–Crippen MR) is 117 cm³/mol. The molecule has 1 saturated heterocycles. The Morgan fingerprint density at radius 2 is 1.53 bits per heavy atom. The highest BCUT2D eigenvalue weighted by molar-refractivity contribution is 5.78. The number of aliphatic hydroxyl groups is 1. The number of benzene rings is 2. The minimum atomic E-state index is -0.638. The van der Waals surface area contributed by atoms with Gasteiger partial charge >= 0.3 is 0 Å². The largest absolute Gasteiger partial charge is 0.389 e. The van der Waals surface area contributed by atoms with Crippen LogP contribution in [0.4, 0.5) is 0 Å². The molecule has 4 rings (SSSR count). The normalized spacial score (nSPS) is 24.4. The van der Waals surface area contributed by atoms with Crippen molar-refractivity contribution in [2.75, 3.05) is 13.2 Å². The van der Waals surface area contributed by atoms with E-state index in [1.165, 1.54) is 11.1 Å². The topological polar surface area (TPSA) is 61.8 Å². The fraction of sp³-hybridized carbons (Fsp3) is 0.480. The van der Waals surface area contributed by atoms with Gasteiger partial charge in [0.2, 0.25) is 5.91 Å². The van der Waals surface area contributed by atoms with Crippen molar-refractivity contribution in [1.29, 1.82) is 0 Å². The van der Waals surface area contributed by atoms with E-state index in [0.717, 1.165) is 38.8 Å². The number of aliphatic hydroxyl groups excluding tert-OH is 1. The zero-order valence-electron chi connectivity index (χ0n) is 17.5. The monoisotopic (exact) mass is 408 g/mol. The van der Waals surface area contributed by atoms with Crippen molar-refractivity contribution in [3.8, 4) is 0 Å². The Hall–Kier alpha value is -2.21. The van der Waals surface area contributed by atoms with Crippen LogP contribution in [0.1, 0.15) is 36.8 Å². The average Bonchev–Trinajstić information content (AvgIpc) is 3.43. The number of carbonyl (C=O) groups is 1. The van der Waals surface area contributed by atoms with Crippen LogP contribution in [0, 0.1) is 5.92 Å². The Balaban J connectivity index is 1.40. The van der Waals surface area contributed by atoms with Crippen molar-refractivity contribution in [3.05, 3.63) is 71.8 Å². The maximum absolute atomic E-state index is 12.3. The van der Waals surface area contributed by atoms with Crippen molar-refractivity contribution in [3.63, 3.8) is 0 Å². The van der Waals surface area contributed by atoms with Crippen LogP contribution in [-0.2, 0) is 22.6 Å². The summed E-state index contributed by atoms with van der Waals surface area (Å²) in [6.45, 7) is 2.31. The third-order valence-corrected chi connectivity index (χ3v) is 6.39. The minimum Gasteiger partial charge on any atom is -0.389 e. The van der Waals surface area contributed by atoms with Gasteiger partial charge in [0, 0.05) is 25.6 Å². The van der Waals surface area contributed by atoms with E-state index in [1.54, 1.807) is 0 Å². The molecule has 30 heavy (non-hydrogen) atoms. The van der Waals surface area contributed by atoms with Gasteiger partial charge in [-0.15, -0.1) is 0 Å². The fourth-order valence-corrected chi connectivity index (χ4v) is 4.63. The first kappa shape index (κ1) is 21.0. The van der Waals surface area contributed by atoms with E-state index < -0.39 is 6.10 Å². The summed E-state index contributed by atoms with van der Waals surface area (Å²) in [5.74, 6) is 0.240. The zero-order chi connectivity index (χ0) is 20.8. The molecule has 2 fully saturated rings. The van der Waals surface area contributed by atoms with Gasteiger partial charge in [0.15, 0.2) is 0 Å². The molecule has 1 amide bonds. The summed E-state index contributed by atoms with van der Waals surface area (Å²) in [4.78, 5) is 14.6. The van der Waals surface area contributed by atoms with E-state index in [4.69, 9.17) is 4.74 Å². The lowest BCUT2D eigenvalue weighted by Crippen LogP contribution is -2.47. The summed E-state index contributed by atoms with van der Waals surface area (Å²) >= 11 is 0. The van der Waals surface area contributed by atoms with Gasteiger partial charge in [-0.25, -0.2) is 0 Å². The molecule has 160 valence electrons. The van der Waals surface area contributed by atoms with Crippen LogP contribution in [0.2, 0.25) is 0 Å².